The summed E-state index contributed by atoms with van der Waals surface area (Å²) in [6, 6.07) is 4.83. The molecule has 1 aromatic carbocycles. The van der Waals surface area contributed by atoms with E-state index in [0.717, 1.165) is 5.69 Å². The van der Waals surface area contributed by atoms with Crippen LogP contribution in [0.1, 0.15) is 34.8 Å². The predicted molar refractivity (Wildman–Crippen MR) is 77.9 cm³/mol. The minimum absolute atomic E-state index is 0.262. The number of hydrogen-bond donors (Lipinski definition) is 2. The summed E-state index contributed by atoms with van der Waals surface area (Å²) in [6.07, 6.45) is 2.39. The molecule has 6 heteroatoms. The lowest BCUT2D eigenvalue weighted by molar-refractivity contribution is 0.102. The third-order valence-corrected chi connectivity index (χ3v) is 4.06. The predicted octanol–water partition coefficient (Wildman–Crippen LogP) is 3.51. The highest BCUT2D eigenvalue weighted by atomic mass is 35.5. The summed E-state index contributed by atoms with van der Waals surface area (Å²) in [4.78, 5) is 16.5. The number of rotatable bonds is 3. The Kier molecular flexibility index (Phi) is 3.16. The molecule has 0 radical (unpaired) electrons. The third kappa shape index (κ3) is 2.72. The normalized spacial score (nSPS) is 14.4. The van der Waals surface area contributed by atoms with Crippen LogP contribution in [0, 0.1) is 0 Å². The first kappa shape index (κ1) is 12.4. The number of hydrogen-bond acceptors (Lipinski definition) is 4. The number of amides is 1. The Morgan fingerprint density at radius 3 is 2.95 bits per heavy atom. The highest BCUT2D eigenvalue weighted by Crippen LogP contribution is 2.40. The molecule has 0 saturated heterocycles. The second-order valence-electron chi connectivity index (χ2n) is 4.55. The van der Waals surface area contributed by atoms with Crippen LogP contribution in [0.4, 0.5) is 10.8 Å². The maximum atomic E-state index is 12.1. The summed E-state index contributed by atoms with van der Waals surface area (Å²) in [5, 5.41) is 5.72. The molecule has 0 atom stereocenters. The quantitative estimate of drug-likeness (QED) is 0.851. The molecule has 4 nitrogen and oxygen atoms in total. The van der Waals surface area contributed by atoms with Gasteiger partial charge in [0.25, 0.3) is 5.91 Å². The molecule has 19 heavy (non-hydrogen) atoms. The molecule has 0 unspecified atom stereocenters. The van der Waals surface area contributed by atoms with Gasteiger partial charge in [-0.2, -0.15) is 0 Å². The molecule has 0 aliphatic heterocycles. The summed E-state index contributed by atoms with van der Waals surface area (Å²) in [5.74, 6) is 0.323. The summed E-state index contributed by atoms with van der Waals surface area (Å²) < 4.78 is 0. The van der Waals surface area contributed by atoms with Crippen LogP contribution >= 0.6 is 22.9 Å². The van der Waals surface area contributed by atoms with E-state index >= 15 is 0 Å². The SMILES string of the molecule is Nc1ccc(C(=O)Nc2nc(C3CC3)cs2)c(Cl)c1. The van der Waals surface area contributed by atoms with Crippen LogP contribution in [0.15, 0.2) is 23.6 Å². The van der Waals surface area contributed by atoms with Gasteiger partial charge < -0.3 is 5.73 Å². The first-order valence-corrected chi connectivity index (χ1v) is 7.21. The number of nitrogens with one attached hydrogen (secondary N) is 1. The highest BCUT2D eigenvalue weighted by molar-refractivity contribution is 7.14. The molecule has 1 aliphatic rings. The van der Waals surface area contributed by atoms with Crippen molar-refractivity contribution >= 4 is 39.7 Å². The lowest BCUT2D eigenvalue weighted by Crippen LogP contribution is -2.12. The van der Waals surface area contributed by atoms with Crippen molar-refractivity contribution < 1.29 is 4.79 Å². The van der Waals surface area contributed by atoms with Crippen LogP contribution in [0.2, 0.25) is 5.02 Å². The van der Waals surface area contributed by atoms with Crippen molar-refractivity contribution in [2.75, 3.05) is 11.1 Å². The molecule has 1 aliphatic carbocycles. The van der Waals surface area contributed by atoms with Crippen molar-refractivity contribution in [3.05, 3.63) is 39.9 Å². The molecule has 98 valence electrons. The first-order chi connectivity index (χ1) is 9.13. The molecule has 1 amide bonds. The van der Waals surface area contributed by atoms with E-state index in [4.69, 9.17) is 17.3 Å². The monoisotopic (exact) mass is 293 g/mol. The zero-order valence-electron chi connectivity index (χ0n) is 10.0. The number of benzene rings is 1. The molecule has 1 heterocycles. The van der Waals surface area contributed by atoms with Crippen molar-refractivity contribution in [1.29, 1.82) is 0 Å². The van der Waals surface area contributed by atoms with Crippen LogP contribution < -0.4 is 11.1 Å². The van der Waals surface area contributed by atoms with Crippen molar-refractivity contribution in [1.82, 2.24) is 4.98 Å². The Morgan fingerprint density at radius 2 is 2.26 bits per heavy atom. The van der Waals surface area contributed by atoms with Gasteiger partial charge in [-0.1, -0.05) is 11.6 Å². The molecule has 2 aromatic rings. The maximum Gasteiger partial charge on any atom is 0.258 e. The van der Waals surface area contributed by atoms with E-state index in [2.05, 4.69) is 10.3 Å². The molecule has 1 saturated carbocycles. The molecule has 3 N–H and O–H groups in total. The summed E-state index contributed by atoms with van der Waals surface area (Å²) in [6.45, 7) is 0. The van der Waals surface area contributed by atoms with Gasteiger partial charge >= 0.3 is 0 Å². The van der Waals surface area contributed by atoms with Gasteiger partial charge in [0.1, 0.15) is 0 Å². The number of carbonyl (C=O) groups is 1. The molecular weight excluding hydrogens is 282 g/mol. The van der Waals surface area contributed by atoms with Gasteiger partial charge in [-0.3, -0.25) is 10.1 Å². The number of nitrogens with two attached hydrogens (primary N) is 1. The Hall–Kier alpha value is -1.59. The number of nitrogen functional groups attached to an aromatic ring is 1. The van der Waals surface area contributed by atoms with E-state index in [0.29, 0.717) is 27.3 Å². The Bertz CT molecular complexity index is 637. The van der Waals surface area contributed by atoms with Crippen molar-refractivity contribution in [2.24, 2.45) is 0 Å². The van der Waals surface area contributed by atoms with E-state index in [1.54, 1.807) is 18.2 Å². The van der Waals surface area contributed by atoms with Gasteiger partial charge in [0.2, 0.25) is 0 Å². The lowest BCUT2D eigenvalue weighted by atomic mass is 10.2. The second kappa shape index (κ2) is 4.83. The van der Waals surface area contributed by atoms with E-state index in [1.807, 2.05) is 5.38 Å². The molecule has 0 bridgehead atoms. The smallest absolute Gasteiger partial charge is 0.258 e. The largest absolute Gasteiger partial charge is 0.399 e. The topological polar surface area (TPSA) is 68.0 Å². The fourth-order valence-corrected chi connectivity index (χ4v) is 2.85. The van der Waals surface area contributed by atoms with E-state index < -0.39 is 0 Å². The zero-order chi connectivity index (χ0) is 13.4. The van der Waals surface area contributed by atoms with Crippen molar-refractivity contribution in [3.8, 4) is 0 Å². The van der Waals surface area contributed by atoms with Crippen LogP contribution in [-0.4, -0.2) is 10.9 Å². The van der Waals surface area contributed by atoms with E-state index in [1.165, 1.54) is 24.2 Å². The van der Waals surface area contributed by atoms with E-state index in [9.17, 15) is 4.79 Å². The van der Waals surface area contributed by atoms with Crippen LogP contribution in [-0.2, 0) is 0 Å². The van der Waals surface area contributed by atoms with Crippen LogP contribution in [0.5, 0.6) is 0 Å². The second-order valence-corrected chi connectivity index (χ2v) is 5.81. The Morgan fingerprint density at radius 1 is 1.47 bits per heavy atom. The van der Waals surface area contributed by atoms with Gasteiger partial charge in [-0.05, 0) is 31.0 Å². The van der Waals surface area contributed by atoms with Gasteiger partial charge in [-0.25, -0.2) is 4.98 Å². The fourth-order valence-electron chi connectivity index (χ4n) is 1.79. The summed E-state index contributed by atoms with van der Waals surface area (Å²) >= 11 is 7.44. The number of thiazole rings is 1. The summed E-state index contributed by atoms with van der Waals surface area (Å²) in [7, 11) is 0. The number of anilines is 2. The molecule has 0 spiro atoms. The van der Waals surface area contributed by atoms with Crippen LogP contribution in [0.3, 0.4) is 0 Å². The van der Waals surface area contributed by atoms with E-state index in [-0.39, 0.29) is 5.91 Å². The molecular formula is C13H12ClN3OS. The van der Waals surface area contributed by atoms with Gasteiger partial charge in [0.05, 0.1) is 16.3 Å². The average Bonchev–Trinajstić information content (AvgIpc) is 3.10. The molecule has 1 aromatic heterocycles. The van der Waals surface area contributed by atoms with Crippen molar-refractivity contribution in [3.63, 3.8) is 0 Å². The summed E-state index contributed by atoms with van der Waals surface area (Å²) in [5.41, 5.74) is 7.61. The Labute approximate surface area is 119 Å². The van der Waals surface area contributed by atoms with Crippen LogP contribution in [0.25, 0.3) is 0 Å². The van der Waals surface area contributed by atoms with Gasteiger partial charge in [-0.15, -0.1) is 11.3 Å². The highest BCUT2D eigenvalue weighted by Gasteiger charge is 2.26. The number of halogens is 1. The molecule has 1 fully saturated rings. The maximum absolute atomic E-state index is 12.1. The third-order valence-electron chi connectivity index (χ3n) is 2.98. The Balaban J connectivity index is 1.76. The fraction of sp³-hybridized carbons (Fsp3) is 0.231. The van der Waals surface area contributed by atoms with Gasteiger partial charge in [0.15, 0.2) is 5.13 Å². The lowest BCUT2D eigenvalue weighted by Gasteiger charge is -2.04. The van der Waals surface area contributed by atoms with Crippen molar-refractivity contribution in [2.45, 2.75) is 18.8 Å². The number of aromatic nitrogens is 1. The number of nitrogens with zero attached hydrogens (tertiary/aromatic N) is 1. The minimum atomic E-state index is -0.262. The molecule has 3 rings (SSSR count). The first-order valence-electron chi connectivity index (χ1n) is 5.95. The van der Waals surface area contributed by atoms with Gasteiger partial charge in [0, 0.05) is 17.0 Å². The standard InChI is InChI=1S/C13H12ClN3OS/c14-10-5-8(15)3-4-9(10)12(18)17-13-16-11(6-19-13)7-1-2-7/h3-7H,1-2,15H2,(H,16,17,18). The minimum Gasteiger partial charge on any atom is -0.399 e. The zero-order valence-corrected chi connectivity index (χ0v) is 11.6. The average molecular weight is 294 g/mol. The number of carbonyl (C=O) groups excluding carboxylic acids is 1.